The first-order valence-corrected chi connectivity index (χ1v) is 7.01. The minimum atomic E-state index is -0.385. The SMILES string of the molecule is Cc1noc(C)c1[C@@H](C)C(=O)N(C)CC(=O)NC(C)(C)C. The summed E-state index contributed by atoms with van der Waals surface area (Å²) >= 11 is 0. The molecular formula is C15H25N3O3. The number of nitrogens with zero attached hydrogens (tertiary/aromatic N) is 2. The highest BCUT2D eigenvalue weighted by molar-refractivity contribution is 5.88. The Hall–Kier alpha value is -1.85. The smallest absolute Gasteiger partial charge is 0.240 e. The molecule has 0 fully saturated rings. The van der Waals surface area contributed by atoms with Crippen LogP contribution in [0.1, 0.15) is 50.6 Å². The fraction of sp³-hybridized carbons (Fsp3) is 0.667. The van der Waals surface area contributed by atoms with E-state index in [1.807, 2.05) is 27.7 Å². The maximum absolute atomic E-state index is 12.4. The number of hydrogen-bond donors (Lipinski definition) is 1. The van der Waals surface area contributed by atoms with E-state index in [1.54, 1.807) is 20.9 Å². The normalized spacial score (nSPS) is 12.9. The first-order valence-electron chi connectivity index (χ1n) is 7.01. The number of rotatable bonds is 4. The molecule has 1 aromatic rings. The van der Waals surface area contributed by atoms with E-state index < -0.39 is 0 Å². The molecular weight excluding hydrogens is 270 g/mol. The summed E-state index contributed by atoms with van der Waals surface area (Å²) in [5.74, 6) is -0.0534. The van der Waals surface area contributed by atoms with Gasteiger partial charge in [-0.1, -0.05) is 5.16 Å². The van der Waals surface area contributed by atoms with Gasteiger partial charge >= 0.3 is 0 Å². The van der Waals surface area contributed by atoms with Gasteiger partial charge in [0.2, 0.25) is 11.8 Å². The van der Waals surface area contributed by atoms with Gasteiger partial charge in [-0.2, -0.15) is 0 Å². The number of nitrogens with one attached hydrogen (secondary N) is 1. The van der Waals surface area contributed by atoms with Crippen molar-refractivity contribution >= 4 is 11.8 Å². The van der Waals surface area contributed by atoms with Crippen LogP contribution >= 0.6 is 0 Å². The third kappa shape index (κ3) is 4.58. The van der Waals surface area contributed by atoms with Gasteiger partial charge in [0.1, 0.15) is 5.76 Å². The van der Waals surface area contributed by atoms with Crippen LogP contribution in [-0.4, -0.2) is 41.0 Å². The standard InChI is InChI=1S/C15H25N3O3/c1-9(13-10(2)17-21-11(13)3)14(20)18(7)8-12(19)16-15(4,5)6/h9H,8H2,1-7H3,(H,16,19)/t9-/m1/s1. The van der Waals surface area contributed by atoms with Crippen LogP contribution in [0.4, 0.5) is 0 Å². The Balaban J connectivity index is 2.73. The minimum Gasteiger partial charge on any atom is -0.361 e. The van der Waals surface area contributed by atoms with Crippen molar-refractivity contribution in [3.8, 4) is 0 Å². The van der Waals surface area contributed by atoms with Crippen molar-refractivity contribution < 1.29 is 14.1 Å². The number of carbonyl (C=O) groups is 2. The molecule has 0 saturated carbocycles. The third-order valence-corrected chi connectivity index (χ3v) is 3.16. The Labute approximate surface area is 125 Å². The topological polar surface area (TPSA) is 75.4 Å². The average Bonchev–Trinajstić information content (AvgIpc) is 2.64. The van der Waals surface area contributed by atoms with E-state index >= 15 is 0 Å². The average molecular weight is 295 g/mol. The van der Waals surface area contributed by atoms with Crippen LogP contribution in [0.25, 0.3) is 0 Å². The molecule has 1 heterocycles. The molecule has 0 saturated heterocycles. The number of aryl methyl sites for hydroxylation is 2. The Morgan fingerprint density at radius 3 is 2.33 bits per heavy atom. The number of hydrogen-bond acceptors (Lipinski definition) is 4. The molecule has 0 aliphatic carbocycles. The summed E-state index contributed by atoms with van der Waals surface area (Å²) < 4.78 is 5.09. The van der Waals surface area contributed by atoms with Crippen molar-refractivity contribution in [3.63, 3.8) is 0 Å². The second-order valence-electron chi connectivity index (χ2n) is 6.45. The summed E-state index contributed by atoms with van der Waals surface area (Å²) in [4.78, 5) is 25.7. The monoisotopic (exact) mass is 295 g/mol. The maximum Gasteiger partial charge on any atom is 0.240 e. The molecule has 0 aromatic carbocycles. The second kappa shape index (κ2) is 6.28. The number of carbonyl (C=O) groups excluding carboxylic acids is 2. The van der Waals surface area contributed by atoms with Gasteiger partial charge < -0.3 is 14.7 Å². The van der Waals surface area contributed by atoms with Gasteiger partial charge in [0.15, 0.2) is 0 Å². The van der Waals surface area contributed by atoms with E-state index in [0.717, 1.165) is 5.56 Å². The zero-order valence-corrected chi connectivity index (χ0v) is 13.9. The third-order valence-electron chi connectivity index (χ3n) is 3.16. The highest BCUT2D eigenvalue weighted by Crippen LogP contribution is 2.24. The molecule has 0 unspecified atom stereocenters. The Bertz CT molecular complexity index is 509. The lowest BCUT2D eigenvalue weighted by molar-refractivity contribution is -0.136. The molecule has 6 heteroatoms. The predicted octanol–water partition coefficient (Wildman–Crippen LogP) is 1.77. The highest BCUT2D eigenvalue weighted by Gasteiger charge is 2.26. The lowest BCUT2D eigenvalue weighted by atomic mass is 9.98. The molecule has 118 valence electrons. The molecule has 2 amide bonds. The van der Waals surface area contributed by atoms with Crippen molar-refractivity contribution in [2.75, 3.05) is 13.6 Å². The molecule has 6 nitrogen and oxygen atoms in total. The molecule has 0 aliphatic heterocycles. The van der Waals surface area contributed by atoms with E-state index in [-0.39, 0.29) is 29.8 Å². The zero-order chi connectivity index (χ0) is 16.4. The zero-order valence-electron chi connectivity index (χ0n) is 13.9. The molecule has 0 spiro atoms. The Kier molecular flexibility index (Phi) is 5.15. The molecule has 0 bridgehead atoms. The number of aromatic nitrogens is 1. The van der Waals surface area contributed by atoms with Crippen molar-refractivity contribution in [1.82, 2.24) is 15.4 Å². The predicted molar refractivity (Wildman–Crippen MR) is 79.9 cm³/mol. The van der Waals surface area contributed by atoms with E-state index in [9.17, 15) is 9.59 Å². The van der Waals surface area contributed by atoms with Crippen LogP contribution in [0.5, 0.6) is 0 Å². The Morgan fingerprint density at radius 2 is 1.90 bits per heavy atom. The summed E-state index contributed by atoms with van der Waals surface area (Å²) in [6.45, 7) is 11.1. The fourth-order valence-electron chi connectivity index (χ4n) is 2.31. The lowest BCUT2D eigenvalue weighted by Crippen LogP contribution is -2.46. The van der Waals surface area contributed by atoms with Gasteiger partial charge in [-0.05, 0) is 41.5 Å². The van der Waals surface area contributed by atoms with Crippen LogP contribution in [0.2, 0.25) is 0 Å². The summed E-state index contributed by atoms with van der Waals surface area (Å²) in [7, 11) is 1.62. The van der Waals surface area contributed by atoms with E-state index in [1.165, 1.54) is 4.90 Å². The summed E-state index contributed by atoms with van der Waals surface area (Å²) in [6.07, 6.45) is 0. The van der Waals surface area contributed by atoms with Gasteiger partial charge in [-0.25, -0.2) is 0 Å². The molecule has 21 heavy (non-hydrogen) atoms. The maximum atomic E-state index is 12.4. The molecule has 0 aliphatic rings. The van der Waals surface area contributed by atoms with E-state index in [4.69, 9.17) is 4.52 Å². The largest absolute Gasteiger partial charge is 0.361 e. The van der Waals surface area contributed by atoms with Gasteiger partial charge in [0, 0.05) is 18.2 Å². The van der Waals surface area contributed by atoms with Crippen LogP contribution in [0, 0.1) is 13.8 Å². The van der Waals surface area contributed by atoms with Crippen LogP contribution in [-0.2, 0) is 9.59 Å². The Morgan fingerprint density at radius 1 is 1.33 bits per heavy atom. The van der Waals surface area contributed by atoms with E-state index in [2.05, 4.69) is 10.5 Å². The molecule has 1 rings (SSSR count). The van der Waals surface area contributed by atoms with Crippen molar-refractivity contribution in [2.45, 2.75) is 53.0 Å². The quantitative estimate of drug-likeness (QED) is 0.918. The van der Waals surface area contributed by atoms with E-state index in [0.29, 0.717) is 11.5 Å². The minimum absolute atomic E-state index is 0.0316. The van der Waals surface area contributed by atoms with Crippen molar-refractivity contribution in [3.05, 3.63) is 17.0 Å². The van der Waals surface area contributed by atoms with Gasteiger partial charge in [-0.3, -0.25) is 9.59 Å². The van der Waals surface area contributed by atoms with Crippen LogP contribution in [0.15, 0.2) is 4.52 Å². The van der Waals surface area contributed by atoms with Gasteiger partial charge in [0.25, 0.3) is 0 Å². The fourth-order valence-corrected chi connectivity index (χ4v) is 2.31. The van der Waals surface area contributed by atoms with Gasteiger partial charge in [-0.15, -0.1) is 0 Å². The summed E-state index contributed by atoms with van der Waals surface area (Å²) in [5.41, 5.74) is 1.19. The van der Waals surface area contributed by atoms with Crippen LogP contribution in [0.3, 0.4) is 0 Å². The number of likely N-dealkylation sites (N-methyl/N-ethyl adjacent to an activating group) is 1. The molecule has 1 aromatic heterocycles. The van der Waals surface area contributed by atoms with Crippen molar-refractivity contribution in [2.24, 2.45) is 0 Å². The first kappa shape index (κ1) is 17.2. The first-order chi connectivity index (χ1) is 9.53. The van der Waals surface area contributed by atoms with Crippen LogP contribution < -0.4 is 5.32 Å². The number of amides is 2. The van der Waals surface area contributed by atoms with Crippen molar-refractivity contribution in [1.29, 1.82) is 0 Å². The summed E-state index contributed by atoms with van der Waals surface area (Å²) in [5, 5.41) is 6.70. The molecule has 1 atom stereocenters. The summed E-state index contributed by atoms with van der Waals surface area (Å²) in [6, 6.07) is 0. The lowest BCUT2D eigenvalue weighted by Gasteiger charge is -2.25. The highest BCUT2D eigenvalue weighted by atomic mass is 16.5. The van der Waals surface area contributed by atoms with Gasteiger partial charge in [0.05, 0.1) is 18.2 Å². The second-order valence-corrected chi connectivity index (χ2v) is 6.45. The molecule has 0 radical (unpaired) electrons. The molecule has 1 N–H and O–H groups in total.